The van der Waals surface area contributed by atoms with E-state index in [1.54, 1.807) is 0 Å². The first-order valence-corrected chi connectivity index (χ1v) is 7.47. The van der Waals surface area contributed by atoms with Gasteiger partial charge in [0.1, 0.15) is 5.54 Å². The van der Waals surface area contributed by atoms with Crippen LogP contribution in [0.4, 0.5) is 8.78 Å². The number of nitrogens with zero attached hydrogens (tertiary/aromatic N) is 1. The summed E-state index contributed by atoms with van der Waals surface area (Å²) in [6, 6.07) is 2.24. The highest BCUT2D eigenvalue weighted by Crippen LogP contribution is 2.37. The Morgan fingerprint density at radius 2 is 1.70 bits per heavy atom. The quantitative estimate of drug-likeness (QED) is 0.845. The lowest BCUT2D eigenvalue weighted by molar-refractivity contribution is -0.130. The molecule has 2 rings (SSSR count). The van der Waals surface area contributed by atoms with Gasteiger partial charge < -0.3 is 5.32 Å². The molecule has 5 heteroatoms. The van der Waals surface area contributed by atoms with Crippen molar-refractivity contribution in [2.45, 2.75) is 69.8 Å². The fourth-order valence-electron chi connectivity index (χ4n) is 3.16. The minimum Gasteiger partial charge on any atom is -0.338 e. The number of halogens is 2. The van der Waals surface area contributed by atoms with Gasteiger partial charge in [-0.3, -0.25) is 4.79 Å². The zero-order valence-corrected chi connectivity index (χ0v) is 11.9. The molecule has 20 heavy (non-hydrogen) atoms. The monoisotopic (exact) mass is 284 g/mol. The molecule has 2 fully saturated rings. The molecule has 0 unspecified atom stereocenters. The Bertz CT molecular complexity index is 399. The smallest absolute Gasteiger partial charge is 0.248 e. The first-order valence-electron chi connectivity index (χ1n) is 7.47. The summed E-state index contributed by atoms with van der Waals surface area (Å²) < 4.78 is 26.2. The third-order valence-corrected chi connectivity index (χ3v) is 4.79. The fraction of sp³-hybridized carbons (Fsp3) is 0.867. The van der Waals surface area contributed by atoms with E-state index in [0.717, 1.165) is 12.8 Å². The van der Waals surface area contributed by atoms with Crippen LogP contribution in [0.25, 0.3) is 0 Å². The van der Waals surface area contributed by atoms with Crippen molar-refractivity contribution in [1.82, 2.24) is 5.32 Å². The van der Waals surface area contributed by atoms with Gasteiger partial charge >= 0.3 is 0 Å². The van der Waals surface area contributed by atoms with E-state index in [0.29, 0.717) is 18.8 Å². The van der Waals surface area contributed by atoms with Crippen molar-refractivity contribution in [3.05, 3.63) is 0 Å². The maximum absolute atomic E-state index is 13.1. The van der Waals surface area contributed by atoms with Crippen LogP contribution in [-0.4, -0.2) is 17.4 Å². The third kappa shape index (κ3) is 3.47. The Morgan fingerprint density at radius 3 is 2.20 bits per heavy atom. The molecule has 0 aromatic carbocycles. The van der Waals surface area contributed by atoms with Crippen LogP contribution in [0.2, 0.25) is 0 Å². The average molecular weight is 284 g/mol. The van der Waals surface area contributed by atoms with Crippen molar-refractivity contribution in [2.75, 3.05) is 0 Å². The van der Waals surface area contributed by atoms with Crippen LogP contribution in [0.5, 0.6) is 0 Å². The Morgan fingerprint density at radius 1 is 1.15 bits per heavy atom. The van der Waals surface area contributed by atoms with Crippen LogP contribution < -0.4 is 5.32 Å². The molecule has 0 radical (unpaired) electrons. The van der Waals surface area contributed by atoms with Gasteiger partial charge in [0.15, 0.2) is 0 Å². The van der Waals surface area contributed by atoms with Gasteiger partial charge in [0, 0.05) is 18.8 Å². The Labute approximate surface area is 118 Å². The van der Waals surface area contributed by atoms with Gasteiger partial charge in [0.25, 0.3) is 0 Å². The van der Waals surface area contributed by atoms with Gasteiger partial charge in [0.2, 0.25) is 11.8 Å². The van der Waals surface area contributed by atoms with Crippen LogP contribution in [0, 0.1) is 23.2 Å². The molecule has 1 N–H and O–H groups in total. The molecule has 112 valence electrons. The van der Waals surface area contributed by atoms with Crippen molar-refractivity contribution in [1.29, 1.82) is 5.26 Å². The Balaban J connectivity index is 1.92. The van der Waals surface area contributed by atoms with E-state index in [-0.39, 0.29) is 37.5 Å². The second-order valence-electron chi connectivity index (χ2n) is 6.50. The number of nitrogens with one attached hydrogen (secondary N) is 1. The molecule has 0 aromatic heterocycles. The maximum atomic E-state index is 13.1. The lowest BCUT2D eigenvalue weighted by Gasteiger charge is -2.36. The molecule has 0 aromatic rings. The van der Waals surface area contributed by atoms with Crippen molar-refractivity contribution in [3.8, 4) is 6.07 Å². The van der Waals surface area contributed by atoms with Gasteiger partial charge in [-0.2, -0.15) is 5.26 Å². The molecule has 0 atom stereocenters. The number of carbonyl (C=O) groups excluding carboxylic acids is 1. The predicted octanol–water partition coefficient (Wildman–Crippen LogP) is 3.40. The zero-order valence-electron chi connectivity index (χ0n) is 11.9. The molecule has 0 heterocycles. The lowest BCUT2D eigenvalue weighted by atomic mass is 9.77. The second kappa shape index (κ2) is 5.67. The molecule has 0 spiro atoms. The molecule has 2 aliphatic rings. The SMILES string of the molecule is CC1CCC(C#N)(NC(=O)C2CCC(F)(F)CC2)CC1. The summed E-state index contributed by atoms with van der Waals surface area (Å²) in [5.41, 5.74) is -0.774. The van der Waals surface area contributed by atoms with Crippen LogP contribution >= 0.6 is 0 Å². The number of hydrogen-bond donors (Lipinski definition) is 1. The average Bonchev–Trinajstić information content (AvgIpc) is 2.41. The van der Waals surface area contributed by atoms with Gasteiger partial charge in [0.05, 0.1) is 6.07 Å². The zero-order chi connectivity index (χ0) is 14.8. The summed E-state index contributed by atoms with van der Waals surface area (Å²) in [6.07, 6.45) is 3.18. The van der Waals surface area contributed by atoms with E-state index in [2.05, 4.69) is 18.3 Å². The summed E-state index contributed by atoms with van der Waals surface area (Å²) in [6.45, 7) is 2.15. The molecule has 1 amide bonds. The van der Waals surface area contributed by atoms with E-state index in [4.69, 9.17) is 0 Å². The number of hydrogen-bond acceptors (Lipinski definition) is 2. The summed E-state index contributed by atoms with van der Waals surface area (Å²) >= 11 is 0. The first-order chi connectivity index (χ1) is 9.36. The van der Waals surface area contributed by atoms with Crippen LogP contribution in [-0.2, 0) is 4.79 Å². The first kappa shape index (κ1) is 15.2. The van der Waals surface area contributed by atoms with Crippen molar-refractivity contribution < 1.29 is 13.6 Å². The maximum Gasteiger partial charge on any atom is 0.248 e. The van der Waals surface area contributed by atoms with E-state index < -0.39 is 11.5 Å². The van der Waals surface area contributed by atoms with Gasteiger partial charge in [-0.1, -0.05) is 6.92 Å². The molecule has 0 aliphatic heterocycles. The molecule has 2 saturated carbocycles. The number of nitriles is 1. The normalized spacial score (nSPS) is 34.2. The Kier molecular flexibility index (Phi) is 4.31. The minimum atomic E-state index is -2.62. The molecule has 0 bridgehead atoms. The summed E-state index contributed by atoms with van der Waals surface area (Å²) in [5, 5.41) is 12.2. The molecular formula is C15H22F2N2O. The van der Waals surface area contributed by atoms with Crippen LogP contribution in [0.1, 0.15) is 58.3 Å². The number of carbonyl (C=O) groups is 1. The second-order valence-corrected chi connectivity index (χ2v) is 6.50. The lowest BCUT2D eigenvalue weighted by Crippen LogP contribution is -2.52. The molecule has 3 nitrogen and oxygen atoms in total. The molecular weight excluding hydrogens is 262 g/mol. The van der Waals surface area contributed by atoms with Gasteiger partial charge in [-0.15, -0.1) is 0 Å². The molecule has 0 saturated heterocycles. The topological polar surface area (TPSA) is 52.9 Å². The van der Waals surface area contributed by atoms with Gasteiger partial charge in [-0.25, -0.2) is 8.78 Å². The summed E-state index contributed by atoms with van der Waals surface area (Å²) in [7, 11) is 0. The number of amides is 1. The van der Waals surface area contributed by atoms with Gasteiger partial charge in [-0.05, 0) is 44.4 Å². The van der Waals surface area contributed by atoms with Crippen molar-refractivity contribution in [2.24, 2.45) is 11.8 Å². The van der Waals surface area contributed by atoms with E-state index in [9.17, 15) is 18.8 Å². The molecule has 2 aliphatic carbocycles. The van der Waals surface area contributed by atoms with Crippen molar-refractivity contribution in [3.63, 3.8) is 0 Å². The highest BCUT2D eigenvalue weighted by atomic mass is 19.3. The summed E-state index contributed by atoms with van der Waals surface area (Å²) in [5.74, 6) is -2.61. The van der Waals surface area contributed by atoms with E-state index in [1.165, 1.54) is 0 Å². The minimum absolute atomic E-state index is 0.211. The van der Waals surface area contributed by atoms with E-state index >= 15 is 0 Å². The van der Waals surface area contributed by atoms with E-state index in [1.807, 2.05) is 0 Å². The van der Waals surface area contributed by atoms with Crippen LogP contribution in [0.15, 0.2) is 0 Å². The predicted molar refractivity (Wildman–Crippen MR) is 71.0 cm³/mol. The number of alkyl halides is 2. The summed E-state index contributed by atoms with van der Waals surface area (Å²) in [4.78, 5) is 12.2. The largest absolute Gasteiger partial charge is 0.338 e. The Hall–Kier alpha value is -1.18. The number of rotatable bonds is 2. The standard InChI is InChI=1S/C15H22F2N2O/c1-11-2-6-14(10-18,7-3-11)19-13(20)12-4-8-15(16,17)9-5-12/h11-12H,2-9H2,1H3,(H,19,20). The fourth-order valence-corrected chi connectivity index (χ4v) is 3.16. The highest BCUT2D eigenvalue weighted by molar-refractivity contribution is 5.80. The van der Waals surface area contributed by atoms with Crippen LogP contribution in [0.3, 0.4) is 0 Å². The highest BCUT2D eigenvalue weighted by Gasteiger charge is 2.41. The third-order valence-electron chi connectivity index (χ3n) is 4.79. The van der Waals surface area contributed by atoms with Crippen molar-refractivity contribution >= 4 is 5.91 Å².